The lowest BCUT2D eigenvalue weighted by molar-refractivity contribution is 0.0179. The summed E-state index contributed by atoms with van der Waals surface area (Å²) in [5.41, 5.74) is -0.853. The fourth-order valence-corrected chi connectivity index (χ4v) is 7.01. The van der Waals surface area contributed by atoms with Crippen LogP contribution < -0.4 is 15.0 Å². The van der Waals surface area contributed by atoms with Crippen LogP contribution in [0.15, 0.2) is 41.5 Å². The van der Waals surface area contributed by atoms with E-state index in [2.05, 4.69) is 9.71 Å². The van der Waals surface area contributed by atoms with Crippen molar-refractivity contribution in [3.8, 4) is 17.6 Å². The van der Waals surface area contributed by atoms with Crippen molar-refractivity contribution in [2.24, 2.45) is 5.92 Å². The van der Waals surface area contributed by atoms with Crippen molar-refractivity contribution in [3.05, 3.63) is 58.4 Å². The number of fused-ring (bicyclic) bond motifs is 1. The highest BCUT2D eigenvalue weighted by molar-refractivity contribution is 7.90. The Morgan fingerprint density at radius 3 is 2.50 bits per heavy atom. The second kappa shape index (κ2) is 13.6. The number of nitriles is 1. The molecule has 0 atom stereocenters. The number of anilines is 1. The number of ether oxygens (including phenoxy) is 2. The number of rotatable bonds is 8. The number of amides is 1. The molecule has 12 nitrogen and oxygen atoms in total. The Labute approximate surface area is 267 Å². The minimum atomic E-state index is -3.96. The highest BCUT2D eigenvalue weighted by Crippen LogP contribution is 2.34. The molecule has 46 heavy (non-hydrogen) atoms. The maximum atomic E-state index is 15.0. The first-order valence-corrected chi connectivity index (χ1v) is 16.9. The highest BCUT2D eigenvalue weighted by atomic mass is 32.2. The number of halogens is 1. The lowest BCUT2D eigenvalue weighted by Gasteiger charge is -2.33. The Morgan fingerprint density at radius 1 is 1.11 bits per heavy atom. The van der Waals surface area contributed by atoms with Crippen LogP contribution in [-0.4, -0.2) is 65.0 Å². The molecule has 2 fully saturated rings. The Kier molecular flexibility index (Phi) is 9.83. The maximum Gasteiger partial charge on any atom is 0.410 e. The van der Waals surface area contributed by atoms with Gasteiger partial charge in [0.2, 0.25) is 0 Å². The van der Waals surface area contributed by atoms with Crippen molar-refractivity contribution < 1.29 is 27.1 Å². The molecule has 0 radical (unpaired) electrons. The van der Waals surface area contributed by atoms with Gasteiger partial charge >= 0.3 is 16.3 Å². The lowest BCUT2D eigenvalue weighted by atomic mass is 9.94. The topological polar surface area (TPSA) is 147 Å². The second-order valence-corrected chi connectivity index (χ2v) is 14.4. The maximum absolute atomic E-state index is 15.0. The second-order valence-electron chi connectivity index (χ2n) is 12.7. The summed E-state index contributed by atoms with van der Waals surface area (Å²) in [5.74, 6) is -0.908. The molecule has 246 valence electrons. The zero-order chi connectivity index (χ0) is 33.1. The number of nitrogens with one attached hydrogen (secondary N) is 1. The van der Waals surface area contributed by atoms with E-state index in [0.717, 1.165) is 44.6 Å². The van der Waals surface area contributed by atoms with Gasteiger partial charge in [0.05, 0.1) is 22.9 Å². The molecule has 14 heteroatoms. The van der Waals surface area contributed by atoms with Crippen molar-refractivity contribution in [2.45, 2.75) is 71.4 Å². The fraction of sp³-hybridized carbons (Fsp3) is 0.500. The Balaban J connectivity index is 1.29. The molecule has 0 bridgehead atoms. The highest BCUT2D eigenvalue weighted by Gasteiger charge is 2.28. The van der Waals surface area contributed by atoms with Crippen LogP contribution in [0.5, 0.6) is 11.5 Å². The summed E-state index contributed by atoms with van der Waals surface area (Å²) in [4.78, 5) is 31.9. The average Bonchev–Trinajstić information content (AvgIpc) is 3.02. The molecular formula is C32H39FN6O6S. The van der Waals surface area contributed by atoms with Crippen LogP contribution in [0.2, 0.25) is 0 Å². The molecule has 5 rings (SSSR count). The van der Waals surface area contributed by atoms with Crippen LogP contribution in [0.25, 0.3) is 10.9 Å². The molecule has 3 heterocycles. The van der Waals surface area contributed by atoms with Crippen molar-refractivity contribution in [2.75, 3.05) is 30.9 Å². The third-order valence-electron chi connectivity index (χ3n) is 8.18. The van der Waals surface area contributed by atoms with Crippen molar-refractivity contribution >= 4 is 32.9 Å². The first kappa shape index (κ1) is 33.2. The lowest BCUT2D eigenvalue weighted by Crippen LogP contribution is -2.41. The molecule has 2 aromatic carbocycles. The van der Waals surface area contributed by atoms with Gasteiger partial charge in [-0.05, 0) is 89.1 Å². The van der Waals surface area contributed by atoms with Crippen LogP contribution >= 0.6 is 0 Å². The summed E-state index contributed by atoms with van der Waals surface area (Å²) in [5, 5.41) is 10.1. The van der Waals surface area contributed by atoms with E-state index < -0.39 is 27.4 Å². The predicted molar refractivity (Wildman–Crippen MR) is 170 cm³/mol. The first-order chi connectivity index (χ1) is 21.8. The van der Waals surface area contributed by atoms with Gasteiger partial charge in [-0.2, -0.15) is 18.0 Å². The molecule has 2 aliphatic heterocycles. The molecule has 0 aliphatic carbocycles. The quantitative estimate of drug-likeness (QED) is 0.341. The van der Waals surface area contributed by atoms with Crippen LogP contribution in [0.3, 0.4) is 0 Å². The van der Waals surface area contributed by atoms with Gasteiger partial charge < -0.3 is 14.4 Å². The Morgan fingerprint density at radius 2 is 1.83 bits per heavy atom. The summed E-state index contributed by atoms with van der Waals surface area (Å²) in [6.07, 6.45) is 5.91. The van der Waals surface area contributed by atoms with E-state index in [0.29, 0.717) is 44.2 Å². The summed E-state index contributed by atoms with van der Waals surface area (Å²) in [7, 11) is -3.96. The van der Waals surface area contributed by atoms with Crippen molar-refractivity contribution in [1.82, 2.24) is 18.8 Å². The average molecular weight is 655 g/mol. The van der Waals surface area contributed by atoms with E-state index in [1.54, 1.807) is 11.0 Å². The number of piperidine rings is 2. The van der Waals surface area contributed by atoms with Crippen LogP contribution in [-0.2, 0) is 21.5 Å². The van der Waals surface area contributed by atoms with Gasteiger partial charge in [-0.25, -0.2) is 14.2 Å². The number of aromatic nitrogens is 2. The number of benzene rings is 2. The summed E-state index contributed by atoms with van der Waals surface area (Å²) >= 11 is 0. The summed E-state index contributed by atoms with van der Waals surface area (Å²) in [6, 6.07) is 8.57. The number of hydrogen-bond acceptors (Lipinski definition) is 8. The number of hydrogen-bond donors (Lipinski definition) is 1. The van der Waals surface area contributed by atoms with Gasteiger partial charge in [-0.3, -0.25) is 14.1 Å². The molecule has 1 aromatic heterocycles. The zero-order valence-corrected chi connectivity index (χ0v) is 27.1. The molecule has 2 aliphatic rings. The Bertz CT molecular complexity index is 1800. The van der Waals surface area contributed by atoms with Crippen molar-refractivity contribution in [3.63, 3.8) is 0 Å². The van der Waals surface area contributed by atoms with Crippen LogP contribution in [0, 0.1) is 23.1 Å². The number of carbonyl (C=O) groups excluding carboxylic acids is 1. The van der Waals surface area contributed by atoms with Gasteiger partial charge in [0, 0.05) is 32.7 Å². The molecule has 0 unspecified atom stereocenters. The number of aryl methyl sites for hydroxylation is 1. The van der Waals surface area contributed by atoms with Gasteiger partial charge in [0.15, 0.2) is 11.6 Å². The van der Waals surface area contributed by atoms with E-state index in [1.807, 2.05) is 26.8 Å². The van der Waals surface area contributed by atoms with E-state index in [9.17, 15) is 27.7 Å². The first-order valence-electron chi connectivity index (χ1n) is 15.5. The number of carbonyl (C=O) groups is 1. The fourth-order valence-electron chi connectivity index (χ4n) is 5.69. The van der Waals surface area contributed by atoms with Gasteiger partial charge in [-0.15, -0.1) is 0 Å². The largest absolute Gasteiger partial charge is 0.453 e. The number of likely N-dealkylation sites (tertiary alicyclic amines) is 1. The molecule has 2 saturated heterocycles. The molecule has 3 aromatic rings. The third kappa shape index (κ3) is 7.76. The molecule has 0 spiro atoms. The predicted octanol–water partition coefficient (Wildman–Crippen LogP) is 5.38. The molecule has 0 saturated carbocycles. The van der Waals surface area contributed by atoms with Crippen molar-refractivity contribution in [1.29, 1.82) is 5.26 Å². The van der Waals surface area contributed by atoms with E-state index >= 15 is 0 Å². The summed E-state index contributed by atoms with van der Waals surface area (Å²) < 4.78 is 57.4. The van der Waals surface area contributed by atoms with Gasteiger partial charge in [-0.1, -0.05) is 6.42 Å². The van der Waals surface area contributed by atoms with Gasteiger partial charge in [0.25, 0.3) is 5.56 Å². The van der Waals surface area contributed by atoms with E-state index in [1.165, 1.54) is 33.4 Å². The molecular weight excluding hydrogens is 615 g/mol. The van der Waals surface area contributed by atoms with Gasteiger partial charge in [0.1, 0.15) is 23.0 Å². The molecule has 1 amide bonds. The van der Waals surface area contributed by atoms with Crippen LogP contribution in [0.1, 0.15) is 64.9 Å². The normalized spacial score (nSPS) is 16.6. The molecule has 1 N–H and O–H groups in total. The summed E-state index contributed by atoms with van der Waals surface area (Å²) in [6.45, 7) is 7.84. The standard InChI is InChI=1S/C32H39FN6O6S/c1-32(2,3)45-31(41)37-16-11-22(12-17-37)13-18-38-21-35-27-9-7-23(19-24(27)30(38)40)44-29-25(20-34)28(10-8-26(29)33)36-46(42,43)39-14-5-4-6-15-39/h7-10,19,21-22,36H,4-6,11-18H2,1-3H3. The van der Waals surface area contributed by atoms with Crippen LogP contribution in [0.4, 0.5) is 14.9 Å². The Hall–Kier alpha value is -4.22. The third-order valence-corrected chi connectivity index (χ3v) is 9.70. The SMILES string of the molecule is CC(C)(C)OC(=O)N1CCC(CCn2cnc3ccc(Oc4c(F)ccc(NS(=O)(=O)N5CCCCC5)c4C#N)cc3c2=O)CC1. The monoisotopic (exact) mass is 654 g/mol. The van der Waals surface area contributed by atoms with E-state index in [4.69, 9.17) is 9.47 Å². The number of nitrogens with zero attached hydrogens (tertiary/aromatic N) is 5. The minimum Gasteiger partial charge on any atom is -0.453 e. The zero-order valence-electron chi connectivity index (χ0n) is 26.3. The minimum absolute atomic E-state index is 0.0881. The van der Waals surface area contributed by atoms with E-state index in [-0.39, 0.29) is 34.0 Å². The smallest absolute Gasteiger partial charge is 0.410 e.